The summed E-state index contributed by atoms with van der Waals surface area (Å²) in [6.45, 7) is 0. The molecule has 2 bridgehead atoms. The van der Waals surface area contributed by atoms with Crippen LogP contribution in [0.3, 0.4) is 0 Å². The molecule has 9 heavy (non-hydrogen) atoms. The molecule has 0 aromatic heterocycles. The molecule has 2 fully saturated rings. The van der Waals surface area contributed by atoms with Gasteiger partial charge in [-0.05, 0) is 31.1 Å². The van der Waals surface area contributed by atoms with E-state index >= 15 is 0 Å². The predicted molar refractivity (Wildman–Crippen MR) is 39.6 cm³/mol. The standard InChI is InChI=1S/C7H11BrO/c8-7-4-1-2-5(7)6(9)3-4/h4-7,9H,1-3H2/t4-,5+,6+,7+/m1/s1. The first kappa shape index (κ1) is 6.17. The number of hydrogen-bond acceptors (Lipinski definition) is 1. The second-order valence-electron chi connectivity index (χ2n) is 3.25. The molecule has 2 saturated carbocycles. The Morgan fingerprint density at radius 1 is 1.33 bits per heavy atom. The van der Waals surface area contributed by atoms with Crippen LogP contribution in [0.5, 0.6) is 0 Å². The molecule has 2 aliphatic carbocycles. The van der Waals surface area contributed by atoms with Gasteiger partial charge in [0, 0.05) is 4.83 Å². The van der Waals surface area contributed by atoms with Crippen molar-refractivity contribution >= 4 is 15.9 Å². The third kappa shape index (κ3) is 0.761. The highest BCUT2D eigenvalue weighted by Gasteiger charge is 2.45. The van der Waals surface area contributed by atoms with Crippen molar-refractivity contribution in [3.8, 4) is 0 Å². The topological polar surface area (TPSA) is 20.2 Å². The van der Waals surface area contributed by atoms with E-state index in [4.69, 9.17) is 0 Å². The molecule has 0 spiro atoms. The number of alkyl halides is 1. The molecule has 1 nitrogen and oxygen atoms in total. The van der Waals surface area contributed by atoms with Gasteiger partial charge >= 0.3 is 0 Å². The van der Waals surface area contributed by atoms with Crippen molar-refractivity contribution in [2.75, 3.05) is 0 Å². The Morgan fingerprint density at radius 2 is 2.11 bits per heavy atom. The average molecular weight is 191 g/mol. The van der Waals surface area contributed by atoms with Gasteiger partial charge in [-0.3, -0.25) is 0 Å². The molecule has 0 aliphatic heterocycles. The molecule has 2 aliphatic rings. The van der Waals surface area contributed by atoms with Gasteiger partial charge in [-0.15, -0.1) is 0 Å². The molecule has 0 unspecified atom stereocenters. The highest BCUT2D eigenvalue weighted by Crippen LogP contribution is 2.48. The fourth-order valence-electron chi connectivity index (χ4n) is 2.21. The Morgan fingerprint density at radius 3 is 2.33 bits per heavy atom. The first-order chi connectivity index (χ1) is 4.29. The molecule has 0 aromatic rings. The van der Waals surface area contributed by atoms with E-state index in [-0.39, 0.29) is 6.10 Å². The summed E-state index contributed by atoms with van der Waals surface area (Å²) in [6.07, 6.45) is 3.62. The third-order valence-electron chi connectivity index (χ3n) is 2.77. The zero-order valence-electron chi connectivity index (χ0n) is 5.26. The first-order valence-electron chi connectivity index (χ1n) is 3.61. The lowest BCUT2D eigenvalue weighted by molar-refractivity contribution is 0.114. The van der Waals surface area contributed by atoms with Gasteiger partial charge in [0.15, 0.2) is 0 Å². The third-order valence-corrected chi connectivity index (χ3v) is 4.20. The monoisotopic (exact) mass is 190 g/mol. The van der Waals surface area contributed by atoms with Crippen LogP contribution in [0.25, 0.3) is 0 Å². The Labute approximate surface area is 63.6 Å². The number of fused-ring (bicyclic) bond motifs is 2. The fourth-order valence-corrected chi connectivity index (χ4v) is 3.31. The summed E-state index contributed by atoms with van der Waals surface area (Å²) < 4.78 is 0. The largest absolute Gasteiger partial charge is 0.393 e. The van der Waals surface area contributed by atoms with E-state index in [1.165, 1.54) is 12.8 Å². The van der Waals surface area contributed by atoms with E-state index in [0.29, 0.717) is 10.7 Å². The van der Waals surface area contributed by atoms with Gasteiger partial charge in [0.05, 0.1) is 6.10 Å². The lowest BCUT2D eigenvalue weighted by atomic mass is 9.98. The summed E-state index contributed by atoms with van der Waals surface area (Å²) in [7, 11) is 0. The number of hydrogen-bond donors (Lipinski definition) is 1. The van der Waals surface area contributed by atoms with Crippen molar-refractivity contribution in [2.24, 2.45) is 11.8 Å². The summed E-state index contributed by atoms with van der Waals surface area (Å²) in [5, 5.41) is 9.36. The van der Waals surface area contributed by atoms with E-state index in [0.717, 1.165) is 12.3 Å². The summed E-state index contributed by atoms with van der Waals surface area (Å²) in [6, 6.07) is 0. The molecule has 0 aromatic carbocycles. The van der Waals surface area contributed by atoms with Crippen molar-refractivity contribution in [2.45, 2.75) is 30.2 Å². The van der Waals surface area contributed by atoms with Crippen molar-refractivity contribution < 1.29 is 5.11 Å². The molecule has 52 valence electrons. The minimum atomic E-state index is 0.00752. The van der Waals surface area contributed by atoms with Crippen LogP contribution in [0, 0.1) is 11.8 Å². The van der Waals surface area contributed by atoms with Gasteiger partial charge in [-0.2, -0.15) is 0 Å². The molecular weight excluding hydrogens is 180 g/mol. The van der Waals surface area contributed by atoms with Crippen LogP contribution in [0.15, 0.2) is 0 Å². The number of aliphatic hydroxyl groups excluding tert-OH is 1. The Kier molecular flexibility index (Phi) is 1.34. The Bertz CT molecular complexity index is 126. The number of aliphatic hydroxyl groups is 1. The lowest BCUT2D eigenvalue weighted by Gasteiger charge is -2.14. The Balaban J connectivity index is 2.16. The van der Waals surface area contributed by atoms with Gasteiger partial charge in [-0.1, -0.05) is 15.9 Å². The fraction of sp³-hybridized carbons (Fsp3) is 1.00. The lowest BCUT2D eigenvalue weighted by Crippen LogP contribution is -2.16. The van der Waals surface area contributed by atoms with E-state index in [2.05, 4.69) is 15.9 Å². The van der Waals surface area contributed by atoms with Crippen LogP contribution in [-0.4, -0.2) is 16.0 Å². The average Bonchev–Trinajstić information content (AvgIpc) is 2.25. The van der Waals surface area contributed by atoms with Crippen LogP contribution >= 0.6 is 15.9 Å². The number of halogens is 1. The molecule has 0 radical (unpaired) electrons. The maximum Gasteiger partial charge on any atom is 0.0582 e. The van der Waals surface area contributed by atoms with E-state index in [9.17, 15) is 5.11 Å². The summed E-state index contributed by atoms with van der Waals surface area (Å²) >= 11 is 3.61. The van der Waals surface area contributed by atoms with Crippen LogP contribution in [0.1, 0.15) is 19.3 Å². The minimum absolute atomic E-state index is 0.00752. The van der Waals surface area contributed by atoms with Crippen molar-refractivity contribution in [1.82, 2.24) is 0 Å². The molecule has 0 heterocycles. The summed E-state index contributed by atoms with van der Waals surface area (Å²) in [4.78, 5) is 0.632. The van der Waals surface area contributed by atoms with Crippen molar-refractivity contribution in [1.29, 1.82) is 0 Å². The number of rotatable bonds is 0. The molecular formula is C7H11BrO. The molecule has 2 heteroatoms. The van der Waals surface area contributed by atoms with E-state index in [1.54, 1.807) is 0 Å². The zero-order chi connectivity index (χ0) is 6.43. The predicted octanol–water partition coefficient (Wildman–Crippen LogP) is 1.54. The van der Waals surface area contributed by atoms with Crippen LogP contribution in [0.2, 0.25) is 0 Å². The van der Waals surface area contributed by atoms with Crippen molar-refractivity contribution in [3.05, 3.63) is 0 Å². The second-order valence-corrected chi connectivity index (χ2v) is 4.31. The van der Waals surface area contributed by atoms with Crippen LogP contribution in [-0.2, 0) is 0 Å². The van der Waals surface area contributed by atoms with E-state index < -0.39 is 0 Å². The smallest absolute Gasteiger partial charge is 0.0582 e. The molecule has 1 N–H and O–H groups in total. The van der Waals surface area contributed by atoms with Gasteiger partial charge in [0.1, 0.15) is 0 Å². The quantitative estimate of drug-likeness (QED) is 0.576. The maximum absolute atomic E-state index is 9.36. The maximum atomic E-state index is 9.36. The zero-order valence-corrected chi connectivity index (χ0v) is 6.84. The van der Waals surface area contributed by atoms with Crippen molar-refractivity contribution in [3.63, 3.8) is 0 Å². The Hall–Kier alpha value is 0.440. The molecule has 2 rings (SSSR count). The van der Waals surface area contributed by atoms with Crippen LogP contribution in [0.4, 0.5) is 0 Å². The first-order valence-corrected chi connectivity index (χ1v) is 4.53. The highest BCUT2D eigenvalue weighted by molar-refractivity contribution is 9.09. The van der Waals surface area contributed by atoms with Gasteiger partial charge < -0.3 is 5.11 Å². The highest BCUT2D eigenvalue weighted by atomic mass is 79.9. The van der Waals surface area contributed by atoms with Crippen LogP contribution < -0.4 is 0 Å². The van der Waals surface area contributed by atoms with Gasteiger partial charge in [0.25, 0.3) is 0 Å². The minimum Gasteiger partial charge on any atom is -0.393 e. The van der Waals surface area contributed by atoms with Gasteiger partial charge in [-0.25, -0.2) is 0 Å². The normalized spacial score (nSPS) is 56.7. The summed E-state index contributed by atoms with van der Waals surface area (Å²) in [5.74, 6) is 1.36. The summed E-state index contributed by atoms with van der Waals surface area (Å²) in [5.41, 5.74) is 0. The molecule has 0 saturated heterocycles. The molecule has 0 amide bonds. The van der Waals surface area contributed by atoms with Gasteiger partial charge in [0.2, 0.25) is 0 Å². The molecule has 4 atom stereocenters. The SMILES string of the molecule is O[C@H]1C[C@H]2CC[C@@H]1[C@H]2Br. The second kappa shape index (κ2) is 1.96. The van der Waals surface area contributed by atoms with E-state index in [1.807, 2.05) is 0 Å².